The lowest BCUT2D eigenvalue weighted by Gasteiger charge is -2.04. The fourth-order valence-corrected chi connectivity index (χ4v) is 1.61. The Hall–Kier alpha value is -1.62. The van der Waals surface area contributed by atoms with Crippen molar-refractivity contribution in [2.45, 2.75) is 13.8 Å². The highest BCUT2D eigenvalue weighted by atomic mass is 35.5. The van der Waals surface area contributed by atoms with Crippen LogP contribution in [0.4, 0.5) is 0 Å². The number of carbonyl (C=O) groups is 1. The van der Waals surface area contributed by atoms with Crippen molar-refractivity contribution in [1.29, 1.82) is 0 Å². The number of nitrogens with zero attached hydrogens (tertiary/aromatic N) is 3. The summed E-state index contributed by atoms with van der Waals surface area (Å²) >= 11 is 6.05. The van der Waals surface area contributed by atoms with E-state index in [1.54, 1.807) is 13.1 Å². The van der Waals surface area contributed by atoms with Crippen molar-refractivity contribution in [3.63, 3.8) is 0 Å². The maximum atomic E-state index is 11.5. The van der Waals surface area contributed by atoms with Crippen LogP contribution in [0.3, 0.4) is 0 Å². The molecule has 0 fully saturated rings. The molecule has 0 amide bonds. The first-order chi connectivity index (χ1) is 7.65. The van der Waals surface area contributed by atoms with Crippen molar-refractivity contribution in [2.24, 2.45) is 0 Å². The Morgan fingerprint density at radius 2 is 2.31 bits per heavy atom. The van der Waals surface area contributed by atoms with E-state index in [2.05, 4.69) is 10.1 Å². The summed E-state index contributed by atoms with van der Waals surface area (Å²) in [5.74, 6) is -0.491. The zero-order chi connectivity index (χ0) is 11.7. The lowest BCUT2D eigenvalue weighted by Crippen LogP contribution is -2.09. The van der Waals surface area contributed by atoms with Crippen LogP contribution in [-0.2, 0) is 4.74 Å². The number of aryl methyl sites for hydroxylation is 1. The lowest BCUT2D eigenvalue weighted by atomic mass is 10.3. The molecule has 0 unspecified atom stereocenters. The molecule has 2 aromatic rings. The molecule has 0 radical (unpaired) electrons. The van der Waals surface area contributed by atoms with Crippen molar-refractivity contribution in [2.75, 3.05) is 6.61 Å². The maximum Gasteiger partial charge on any atom is 0.342 e. The predicted octanol–water partition coefficient (Wildman–Crippen LogP) is 1.87. The number of halogens is 1. The van der Waals surface area contributed by atoms with Gasteiger partial charge >= 0.3 is 5.97 Å². The van der Waals surface area contributed by atoms with Crippen LogP contribution >= 0.6 is 11.6 Å². The molecule has 0 bridgehead atoms. The molecule has 0 aliphatic rings. The van der Waals surface area contributed by atoms with Gasteiger partial charge < -0.3 is 4.74 Å². The van der Waals surface area contributed by atoms with E-state index in [4.69, 9.17) is 16.3 Å². The maximum absolute atomic E-state index is 11.5. The number of hydrogen-bond donors (Lipinski definition) is 0. The zero-order valence-electron chi connectivity index (χ0n) is 8.90. The number of fused-ring (bicyclic) bond motifs is 1. The Kier molecular flexibility index (Phi) is 2.78. The standard InChI is InChI=1S/C10H10ClN3O2/c1-3-16-10(15)7-5-12-9-6(2)4-13-14(9)8(7)11/h4-5H,3H2,1-2H3. The van der Waals surface area contributed by atoms with E-state index in [1.807, 2.05) is 6.92 Å². The normalized spacial score (nSPS) is 10.7. The van der Waals surface area contributed by atoms with E-state index in [0.29, 0.717) is 12.3 Å². The Bertz CT molecular complexity index is 550. The van der Waals surface area contributed by atoms with E-state index < -0.39 is 5.97 Å². The van der Waals surface area contributed by atoms with Crippen LogP contribution in [0.25, 0.3) is 5.65 Å². The number of rotatable bonds is 2. The first-order valence-electron chi connectivity index (χ1n) is 4.81. The first-order valence-corrected chi connectivity index (χ1v) is 5.19. The molecule has 0 saturated heterocycles. The largest absolute Gasteiger partial charge is 0.462 e. The summed E-state index contributed by atoms with van der Waals surface area (Å²) in [5, 5.41) is 4.25. The second-order valence-corrected chi connectivity index (χ2v) is 3.60. The molecule has 0 aromatic carbocycles. The Balaban J connectivity index is 2.56. The van der Waals surface area contributed by atoms with Gasteiger partial charge in [-0.15, -0.1) is 0 Å². The van der Waals surface area contributed by atoms with Gasteiger partial charge in [0.2, 0.25) is 0 Å². The van der Waals surface area contributed by atoms with Crippen LogP contribution in [0.15, 0.2) is 12.4 Å². The molecule has 0 spiro atoms. The van der Waals surface area contributed by atoms with Gasteiger partial charge in [0, 0.05) is 11.8 Å². The first kappa shape index (κ1) is 10.9. The van der Waals surface area contributed by atoms with Crippen LogP contribution in [0.1, 0.15) is 22.8 Å². The molecular weight excluding hydrogens is 230 g/mol. The summed E-state index contributed by atoms with van der Waals surface area (Å²) < 4.78 is 6.28. The van der Waals surface area contributed by atoms with Gasteiger partial charge in [-0.05, 0) is 13.8 Å². The summed E-state index contributed by atoms with van der Waals surface area (Å²) in [4.78, 5) is 15.6. The van der Waals surface area contributed by atoms with E-state index in [9.17, 15) is 4.79 Å². The molecule has 16 heavy (non-hydrogen) atoms. The average molecular weight is 240 g/mol. The molecule has 2 aromatic heterocycles. The summed E-state index contributed by atoms with van der Waals surface area (Å²) in [6.07, 6.45) is 3.05. The fourth-order valence-electron chi connectivity index (χ4n) is 1.36. The highest BCUT2D eigenvalue weighted by molar-refractivity contribution is 6.32. The van der Waals surface area contributed by atoms with Crippen molar-refractivity contribution >= 4 is 23.2 Å². The number of ether oxygens (including phenoxy) is 1. The van der Waals surface area contributed by atoms with E-state index >= 15 is 0 Å². The van der Waals surface area contributed by atoms with Crippen LogP contribution in [0.5, 0.6) is 0 Å². The van der Waals surface area contributed by atoms with Crippen molar-refractivity contribution < 1.29 is 9.53 Å². The molecule has 0 atom stereocenters. The topological polar surface area (TPSA) is 56.5 Å². The third-order valence-corrected chi connectivity index (χ3v) is 2.50. The Morgan fingerprint density at radius 3 is 3.00 bits per heavy atom. The summed E-state index contributed by atoms with van der Waals surface area (Å²) in [6.45, 7) is 3.90. The minimum atomic E-state index is -0.491. The number of aromatic nitrogens is 3. The molecule has 0 aliphatic heterocycles. The highest BCUT2D eigenvalue weighted by Gasteiger charge is 2.16. The minimum absolute atomic E-state index is 0.219. The van der Waals surface area contributed by atoms with Gasteiger partial charge in [0.05, 0.1) is 12.8 Å². The molecule has 84 valence electrons. The summed E-state index contributed by atoms with van der Waals surface area (Å²) in [7, 11) is 0. The molecule has 2 heterocycles. The van der Waals surface area contributed by atoms with Crippen molar-refractivity contribution in [3.8, 4) is 0 Å². The van der Waals surface area contributed by atoms with Gasteiger partial charge in [-0.3, -0.25) is 0 Å². The zero-order valence-corrected chi connectivity index (χ0v) is 9.65. The Morgan fingerprint density at radius 1 is 1.56 bits per heavy atom. The van der Waals surface area contributed by atoms with Gasteiger partial charge in [-0.1, -0.05) is 11.6 Å². The summed E-state index contributed by atoms with van der Waals surface area (Å²) in [5.41, 5.74) is 1.76. The fraction of sp³-hybridized carbons (Fsp3) is 0.300. The number of hydrogen-bond acceptors (Lipinski definition) is 4. The van der Waals surface area contributed by atoms with E-state index in [-0.39, 0.29) is 10.7 Å². The minimum Gasteiger partial charge on any atom is -0.462 e. The van der Waals surface area contributed by atoms with Crippen LogP contribution in [0, 0.1) is 6.92 Å². The van der Waals surface area contributed by atoms with Gasteiger partial charge in [0.15, 0.2) is 5.65 Å². The lowest BCUT2D eigenvalue weighted by molar-refractivity contribution is 0.0525. The molecule has 5 nitrogen and oxygen atoms in total. The SMILES string of the molecule is CCOC(=O)c1cnc2c(C)cnn2c1Cl. The average Bonchev–Trinajstić information content (AvgIpc) is 2.62. The van der Waals surface area contributed by atoms with Gasteiger partial charge in [-0.25, -0.2) is 14.3 Å². The van der Waals surface area contributed by atoms with Gasteiger partial charge in [0.25, 0.3) is 0 Å². The second kappa shape index (κ2) is 4.09. The molecular formula is C10H10ClN3O2. The van der Waals surface area contributed by atoms with E-state index in [1.165, 1.54) is 10.7 Å². The number of carbonyl (C=O) groups excluding carboxylic acids is 1. The van der Waals surface area contributed by atoms with Gasteiger partial charge in [-0.2, -0.15) is 5.10 Å². The molecule has 2 rings (SSSR count). The molecule has 0 saturated carbocycles. The predicted molar refractivity (Wildman–Crippen MR) is 58.7 cm³/mol. The van der Waals surface area contributed by atoms with Gasteiger partial charge in [0.1, 0.15) is 10.7 Å². The van der Waals surface area contributed by atoms with Crippen LogP contribution < -0.4 is 0 Å². The highest BCUT2D eigenvalue weighted by Crippen LogP contribution is 2.18. The monoisotopic (exact) mass is 239 g/mol. The second-order valence-electron chi connectivity index (χ2n) is 3.25. The Labute approximate surface area is 97.0 Å². The van der Waals surface area contributed by atoms with Crippen LogP contribution in [0.2, 0.25) is 5.15 Å². The third kappa shape index (κ3) is 1.63. The molecule has 6 heteroatoms. The molecule has 0 N–H and O–H groups in total. The smallest absolute Gasteiger partial charge is 0.342 e. The molecule has 0 aliphatic carbocycles. The van der Waals surface area contributed by atoms with Crippen molar-refractivity contribution in [1.82, 2.24) is 14.6 Å². The van der Waals surface area contributed by atoms with E-state index in [0.717, 1.165) is 5.56 Å². The van der Waals surface area contributed by atoms with Crippen LogP contribution in [-0.4, -0.2) is 27.2 Å². The van der Waals surface area contributed by atoms with Crippen molar-refractivity contribution in [3.05, 3.63) is 28.7 Å². The quantitative estimate of drug-likeness (QED) is 0.593. The number of esters is 1. The summed E-state index contributed by atoms with van der Waals surface area (Å²) in [6, 6.07) is 0. The third-order valence-electron chi connectivity index (χ3n) is 2.14.